The summed E-state index contributed by atoms with van der Waals surface area (Å²) in [6.07, 6.45) is 9.43. The number of carbonyl (C=O) groups excluding carboxylic acids is 1. The number of aromatic nitrogens is 1. The highest BCUT2D eigenvalue weighted by molar-refractivity contribution is 6.03. The van der Waals surface area contributed by atoms with Crippen LogP contribution in [0.1, 0.15) is 49.0 Å². The van der Waals surface area contributed by atoms with Crippen molar-refractivity contribution < 1.29 is 4.79 Å². The van der Waals surface area contributed by atoms with Gasteiger partial charge in [0, 0.05) is 37.6 Å². The maximum atomic E-state index is 12.5. The number of hydrogen-bond acceptors (Lipinski definition) is 4. The molecule has 2 aliphatic heterocycles. The maximum Gasteiger partial charge on any atom is 0.274 e. The Morgan fingerprint density at radius 3 is 1.89 bits per heavy atom. The molecule has 27 heavy (non-hydrogen) atoms. The van der Waals surface area contributed by atoms with Crippen molar-refractivity contribution in [1.29, 1.82) is 0 Å². The average molecular weight is 364 g/mol. The molecule has 1 aromatic carbocycles. The summed E-state index contributed by atoms with van der Waals surface area (Å²) in [5.74, 6) is -0.161. The van der Waals surface area contributed by atoms with Crippen molar-refractivity contribution in [3.63, 3.8) is 0 Å². The predicted molar refractivity (Wildman–Crippen MR) is 111 cm³/mol. The van der Waals surface area contributed by atoms with Crippen LogP contribution >= 0.6 is 0 Å². The van der Waals surface area contributed by atoms with E-state index >= 15 is 0 Å². The number of rotatable bonds is 4. The van der Waals surface area contributed by atoms with Gasteiger partial charge in [0.2, 0.25) is 0 Å². The Bertz CT molecular complexity index is 743. The van der Waals surface area contributed by atoms with Crippen LogP contribution in [0.2, 0.25) is 0 Å². The number of nitrogens with zero attached hydrogens (tertiary/aromatic N) is 3. The van der Waals surface area contributed by atoms with Gasteiger partial charge in [0.1, 0.15) is 5.69 Å². The van der Waals surface area contributed by atoms with E-state index in [1.165, 1.54) is 44.2 Å². The second-order valence-electron chi connectivity index (χ2n) is 7.50. The van der Waals surface area contributed by atoms with Crippen molar-refractivity contribution >= 4 is 23.0 Å². The summed E-state index contributed by atoms with van der Waals surface area (Å²) in [5.41, 5.74) is 3.60. The topological polar surface area (TPSA) is 48.5 Å². The molecule has 0 unspecified atom stereocenters. The Labute approximate surface area is 161 Å². The van der Waals surface area contributed by atoms with Crippen LogP contribution in [0.15, 0.2) is 42.6 Å². The largest absolute Gasteiger partial charge is 0.372 e. The van der Waals surface area contributed by atoms with Crippen molar-refractivity contribution in [2.75, 3.05) is 41.3 Å². The molecule has 4 rings (SSSR count). The van der Waals surface area contributed by atoms with E-state index in [1.54, 1.807) is 0 Å². The monoisotopic (exact) mass is 364 g/mol. The number of benzene rings is 1. The van der Waals surface area contributed by atoms with E-state index in [9.17, 15) is 4.79 Å². The molecule has 0 bridgehead atoms. The number of amides is 1. The first kappa shape index (κ1) is 17.8. The molecule has 142 valence electrons. The third kappa shape index (κ3) is 4.41. The Morgan fingerprint density at radius 2 is 1.30 bits per heavy atom. The van der Waals surface area contributed by atoms with Crippen LogP contribution in [0, 0.1) is 0 Å². The fraction of sp³-hybridized carbons (Fsp3) is 0.455. The van der Waals surface area contributed by atoms with Crippen molar-refractivity contribution in [3.05, 3.63) is 48.3 Å². The molecule has 3 heterocycles. The molecule has 2 saturated heterocycles. The van der Waals surface area contributed by atoms with Gasteiger partial charge in [-0.3, -0.25) is 4.79 Å². The number of hydrogen-bond donors (Lipinski definition) is 1. The van der Waals surface area contributed by atoms with Gasteiger partial charge in [0.25, 0.3) is 5.91 Å². The van der Waals surface area contributed by atoms with E-state index in [-0.39, 0.29) is 5.91 Å². The summed E-state index contributed by atoms with van der Waals surface area (Å²) < 4.78 is 0. The van der Waals surface area contributed by atoms with Crippen LogP contribution < -0.4 is 15.1 Å². The van der Waals surface area contributed by atoms with Crippen LogP contribution in [0.25, 0.3) is 0 Å². The first-order valence-corrected chi connectivity index (χ1v) is 10.2. The van der Waals surface area contributed by atoms with Crippen molar-refractivity contribution in [3.8, 4) is 0 Å². The first-order chi connectivity index (χ1) is 13.3. The molecule has 0 aliphatic carbocycles. The van der Waals surface area contributed by atoms with Gasteiger partial charge in [-0.15, -0.1) is 0 Å². The minimum atomic E-state index is -0.161. The Balaban J connectivity index is 1.37. The zero-order chi connectivity index (χ0) is 18.5. The normalized spacial score (nSPS) is 17.6. The van der Waals surface area contributed by atoms with E-state index in [0.29, 0.717) is 5.69 Å². The molecule has 0 atom stereocenters. The Hall–Kier alpha value is -2.56. The second-order valence-corrected chi connectivity index (χ2v) is 7.50. The summed E-state index contributed by atoms with van der Waals surface area (Å²) in [5, 5.41) is 2.95. The minimum Gasteiger partial charge on any atom is -0.372 e. The lowest BCUT2D eigenvalue weighted by Crippen LogP contribution is -2.24. The summed E-state index contributed by atoms with van der Waals surface area (Å²) in [4.78, 5) is 21.7. The Morgan fingerprint density at radius 1 is 0.741 bits per heavy atom. The van der Waals surface area contributed by atoms with E-state index in [4.69, 9.17) is 0 Å². The molecule has 5 heteroatoms. The average Bonchev–Trinajstić information content (AvgIpc) is 3.11. The van der Waals surface area contributed by atoms with Crippen LogP contribution in [-0.2, 0) is 0 Å². The summed E-state index contributed by atoms with van der Waals surface area (Å²) in [6.45, 7) is 4.41. The molecule has 1 N–H and O–H groups in total. The summed E-state index contributed by atoms with van der Waals surface area (Å²) >= 11 is 0. The molecule has 1 amide bonds. The van der Waals surface area contributed by atoms with Gasteiger partial charge >= 0.3 is 0 Å². The van der Waals surface area contributed by atoms with Crippen LogP contribution in [0.5, 0.6) is 0 Å². The standard InChI is InChI=1S/C22H28N4O/c27-22(24-18-7-9-19(10-8-18)25-15-5-6-16-25)21-12-11-20(17-23-21)26-13-3-1-2-4-14-26/h7-12,17H,1-6,13-16H2,(H,24,27). The number of anilines is 3. The molecule has 0 radical (unpaired) electrons. The first-order valence-electron chi connectivity index (χ1n) is 10.2. The predicted octanol–water partition coefficient (Wildman–Crippen LogP) is 4.31. The lowest BCUT2D eigenvalue weighted by Gasteiger charge is -2.22. The second kappa shape index (κ2) is 8.42. The van der Waals surface area contributed by atoms with Crippen molar-refractivity contribution in [2.45, 2.75) is 38.5 Å². The van der Waals surface area contributed by atoms with Gasteiger partial charge in [-0.2, -0.15) is 0 Å². The third-order valence-corrected chi connectivity index (χ3v) is 5.55. The van der Waals surface area contributed by atoms with Crippen LogP contribution in [0.4, 0.5) is 17.1 Å². The van der Waals surface area contributed by atoms with Gasteiger partial charge in [-0.1, -0.05) is 12.8 Å². The highest BCUT2D eigenvalue weighted by Gasteiger charge is 2.14. The third-order valence-electron chi connectivity index (χ3n) is 5.55. The minimum absolute atomic E-state index is 0.161. The lowest BCUT2D eigenvalue weighted by atomic mass is 10.2. The van der Waals surface area contributed by atoms with Gasteiger partial charge in [0.05, 0.1) is 11.9 Å². The van der Waals surface area contributed by atoms with E-state index < -0.39 is 0 Å². The zero-order valence-corrected chi connectivity index (χ0v) is 15.9. The highest BCUT2D eigenvalue weighted by atomic mass is 16.1. The molecule has 2 aliphatic rings. The highest BCUT2D eigenvalue weighted by Crippen LogP contribution is 2.23. The van der Waals surface area contributed by atoms with Gasteiger partial charge < -0.3 is 15.1 Å². The molecular weight excluding hydrogens is 336 g/mol. The smallest absolute Gasteiger partial charge is 0.274 e. The van der Waals surface area contributed by atoms with Crippen molar-refractivity contribution in [1.82, 2.24) is 4.98 Å². The fourth-order valence-corrected chi connectivity index (χ4v) is 3.96. The molecule has 2 aromatic rings. The molecule has 5 nitrogen and oxygen atoms in total. The van der Waals surface area contributed by atoms with Gasteiger partial charge in [-0.25, -0.2) is 4.98 Å². The summed E-state index contributed by atoms with van der Waals surface area (Å²) in [7, 11) is 0. The van der Waals surface area contributed by atoms with Gasteiger partial charge in [0.15, 0.2) is 0 Å². The number of pyridine rings is 1. The number of carbonyl (C=O) groups is 1. The summed E-state index contributed by atoms with van der Waals surface area (Å²) in [6, 6.07) is 11.9. The molecule has 0 saturated carbocycles. The van der Waals surface area contributed by atoms with Crippen LogP contribution in [-0.4, -0.2) is 37.1 Å². The van der Waals surface area contributed by atoms with E-state index in [2.05, 4.69) is 32.2 Å². The van der Waals surface area contributed by atoms with Gasteiger partial charge in [-0.05, 0) is 62.1 Å². The van der Waals surface area contributed by atoms with Crippen LogP contribution in [0.3, 0.4) is 0 Å². The number of nitrogens with one attached hydrogen (secondary N) is 1. The molecule has 2 fully saturated rings. The molecular formula is C22H28N4O. The van der Waals surface area contributed by atoms with Crippen molar-refractivity contribution in [2.24, 2.45) is 0 Å². The van der Waals surface area contributed by atoms with E-state index in [1.807, 2.05) is 30.5 Å². The maximum absolute atomic E-state index is 12.5. The zero-order valence-electron chi connectivity index (χ0n) is 15.9. The SMILES string of the molecule is O=C(Nc1ccc(N2CCCC2)cc1)c1ccc(N2CCCCCC2)cn1. The fourth-order valence-electron chi connectivity index (χ4n) is 3.96. The molecule has 0 spiro atoms. The Kier molecular flexibility index (Phi) is 5.56. The van der Waals surface area contributed by atoms with E-state index in [0.717, 1.165) is 37.6 Å². The molecule has 1 aromatic heterocycles. The lowest BCUT2D eigenvalue weighted by molar-refractivity contribution is 0.102. The quantitative estimate of drug-likeness (QED) is 0.878.